The first-order valence-electron chi connectivity index (χ1n) is 8.80. The summed E-state index contributed by atoms with van der Waals surface area (Å²) in [6.07, 6.45) is 1.45. The average Bonchev–Trinajstić information content (AvgIpc) is 2.62. The zero-order valence-electron chi connectivity index (χ0n) is 14.4. The molecule has 2 aromatic rings. The molecule has 1 heterocycles. The largest absolute Gasteiger partial charge is 0.340 e. The van der Waals surface area contributed by atoms with E-state index in [0.717, 1.165) is 39.1 Å². The SMILES string of the molecule is Cc1ccc(CCC(=O)N2CCN(Cc3ccccc3)CC2)cc1. The van der Waals surface area contributed by atoms with Gasteiger partial charge in [-0.05, 0) is 24.5 Å². The summed E-state index contributed by atoms with van der Waals surface area (Å²) in [5.41, 5.74) is 3.85. The molecule has 0 N–H and O–H groups in total. The van der Waals surface area contributed by atoms with Gasteiger partial charge in [-0.2, -0.15) is 0 Å². The van der Waals surface area contributed by atoms with E-state index in [4.69, 9.17) is 0 Å². The van der Waals surface area contributed by atoms with Crippen molar-refractivity contribution < 1.29 is 4.79 Å². The second kappa shape index (κ2) is 8.11. The number of rotatable bonds is 5. The van der Waals surface area contributed by atoms with Gasteiger partial charge in [0.1, 0.15) is 0 Å². The van der Waals surface area contributed by atoms with Crippen molar-refractivity contribution in [3.05, 3.63) is 71.3 Å². The van der Waals surface area contributed by atoms with Crippen LogP contribution in [-0.4, -0.2) is 41.9 Å². The molecule has 1 amide bonds. The van der Waals surface area contributed by atoms with Crippen LogP contribution in [0.25, 0.3) is 0 Å². The van der Waals surface area contributed by atoms with Gasteiger partial charge in [-0.1, -0.05) is 60.2 Å². The number of hydrogen-bond acceptors (Lipinski definition) is 2. The second-order valence-corrected chi connectivity index (χ2v) is 6.63. The summed E-state index contributed by atoms with van der Waals surface area (Å²) in [6.45, 7) is 6.69. The van der Waals surface area contributed by atoms with Crippen LogP contribution in [0.3, 0.4) is 0 Å². The van der Waals surface area contributed by atoms with Gasteiger partial charge >= 0.3 is 0 Å². The quantitative estimate of drug-likeness (QED) is 0.843. The van der Waals surface area contributed by atoms with Crippen molar-refractivity contribution in [3.63, 3.8) is 0 Å². The topological polar surface area (TPSA) is 23.6 Å². The summed E-state index contributed by atoms with van der Waals surface area (Å²) in [4.78, 5) is 16.9. The highest BCUT2D eigenvalue weighted by Crippen LogP contribution is 2.11. The first-order chi connectivity index (χ1) is 11.7. The number of hydrogen-bond donors (Lipinski definition) is 0. The Morgan fingerprint density at radius 3 is 2.21 bits per heavy atom. The minimum absolute atomic E-state index is 0.287. The predicted molar refractivity (Wildman–Crippen MR) is 97.8 cm³/mol. The van der Waals surface area contributed by atoms with Crippen LogP contribution in [0.4, 0.5) is 0 Å². The standard InChI is InChI=1S/C21H26N2O/c1-18-7-9-19(10-8-18)11-12-21(24)23-15-13-22(14-16-23)17-20-5-3-2-4-6-20/h2-10H,11-17H2,1H3. The number of amides is 1. The summed E-state index contributed by atoms with van der Waals surface area (Å²) in [7, 11) is 0. The number of nitrogens with zero attached hydrogens (tertiary/aromatic N) is 2. The summed E-state index contributed by atoms with van der Waals surface area (Å²) in [6, 6.07) is 19.0. The van der Waals surface area contributed by atoms with Gasteiger partial charge in [0.25, 0.3) is 0 Å². The number of piperazine rings is 1. The van der Waals surface area contributed by atoms with E-state index in [-0.39, 0.29) is 5.91 Å². The van der Waals surface area contributed by atoms with E-state index in [1.807, 2.05) is 11.0 Å². The average molecular weight is 322 g/mol. The molecule has 1 aliphatic heterocycles. The number of aryl methyl sites for hydroxylation is 2. The first-order valence-corrected chi connectivity index (χ1v) is 8.80. The smallest absolute Gasteiger partial charge is 0.222 e. The molecule has 3 heteroatoms. The van der Waals surface area contributed by atoms with Gasteiger partial charge < -0.3 is 4.90 Å². The van der Waals surface area contributed by atoms with E-state index >= 15 is 0 Å². The Labute approximate surface area is 144 Å². The van der Waals surface area contributed by atoms with E-state index in [9.17, 15) is 4.79 Å². The van der Waals surface area contributed by atoms with Crippen LogP contribution in [0.15, 0.2) is 54.6 Å². The van der Waals surface area contributed by atoms with Crippen LogP contribution in [0.5, 0.6) is 0 Å². The lowest BCUT2D eigenvalue weighted by atomic mass is 10.1. The van der Waals surface area contributed by atoms with Crippen molar-refractivity contribution in [2.24, 2.45) is 0 Å². The molecule has 0 bridgehead atoms. The van der Waals surface area contributed by atoms with Crippen molar-refractivity contribution in [2.75, 3.05) is 26.2 Å². The fourth-order valence-corrected chi connectivity index (χ4v) is 3.16. The third kappa shape index (κ3) is 4.68. The van der Waals surface area contributed by atoms with E-state index in [2.05, 4.69) is 60.4 Å². The Morgan fingerprint density at radius 2 is 1.54 bits per heavy atom. The summed E-state index contributed by atoms with van der Waals surface area (Å²) in [5.74, 6) is 0.287. The molecule has 1 fully saturated rings. The van der Waals surface area contributed by atoms with Gasteiger partial charge in [0, 0.05) is 39.1 Å². The molecule has 1 aliphatic rings. The Balaban J connectivity index is 1.42. The van der Waals surface area contributed by atoms with Crippen molar-refractivity contribution in [2.45, 2.75) is 26.3 Å². The van der Waals surface area contributed by atoms with Gasteiger partial charge in [0.05, 0.1) is 0 Å². The molecule has 0 atom stereocenters. The molecule has 0 aromatic heterocycles. The molecule has 0 radical (unpaired) electrons. The Kier molecular flexibility index (Phi) is 5.65. The molecule has 1 saturated heterocycles. The van der Waals surface area contributed by atoms with Crippen LogP contribution < -0.4 is 0 Å². The molecule has 0 spiro atoms. The third-order valence-corrected chi connectivity index (χ3v) is 4.72. The lowest BCUT2D eigenvalue weighted by molar-refractivity contribution is -0.133. The highest BCUT2D eigenvalue weighted by molar-refractivity contribution is 5.76. The molecular weight excluding hydrogens is 296 g/mol. The highest BCUT2D eigenvalue weighted by atomic mass is 16.2. The van der Waals surface area contributed by atoms with Gasteiger partial charge in [0.2, 0.25) is 5.91 Å². The van der Waals surface area contributed by atoms with E-state index in [1.165, 1.54) is 16.7 Å². The normalized spacial score (nSPS) is 15.5. The Morgan fingerprint density at radius 1 is 0.875 bits per heavy atom. The van der Waals surface area contributed by atoms with Crippen molar-refractivity contribution in [3.8, 4) is 0 Å². The van der Waals surface area contributed by atoms with Crippen LogP contribution in [0.1, 0.15) is 23.1 Å². The van der Waals surface area contributed by atoms with Gasteiger partial charge in [-0.15, -0.1) is 0 Å². The Hall–Kier alpha value is -2.13. The Bertz CT molecular complexity index is 643. The molecule has 126 valence electrons. The zero-order chi connectivity index (χ0) is 16.8. The molecule has 2 aromatic carbocycles. The minimum atomic E-state index is 0.287. The maximum atomic E-state index is 12.4. The lowest BCUT2D eigenvalue weighted by Gasteiger charge is -2.34. The van der Waals surface area contributed by atoms with Crippen molar-refractivity contribution >= 4 is 5.91 Å². The molecule has 0 aliphatic carbocycles. The molecule has 24 heavy (non-hydrogen) atoms. The maximum absolute atomic E-state index is 12.4. The lowest BCUT2D eigenvalue weighted by Crippen LogP contribution is -2.48. The summed E-state index contributed by atoms with van der Waals surface area (Å²) in [5, 5.41) is 0. The van der Waals surface area contributed by atoms with Crippen LogP contribution in [0.2, 0.25) is 0 Å². The minimum Gasteiger partial charge on any atom is -0.340 e. The van der Waals surface area contributed by atoms with Gasteiger partial charge in [0.15, 0.2) is 0 Å². The van der Waals surface area contributed by atoms with Gasteiger partial charge in [-0.25, -0.2) is 0 Å². The molecular formula is C21H26N2O. The van der Waals surface area contributed by atoms with E-state index < -0.39 is 0 Å². The summed E-state index contributed by atoms with van der Waals surface area (Å²) < 4.78 is 0. The number of carbonyl (C=O) groups excluding carboxylic acids is 1. The second-order valence-electron chi connectivity index (χ2n) is 6.63. The van der Waals surface area contributed by atoms with Crippen molar-refractivity contribution in [1.29, 1.82) is 0 Å². The summed E-state index contributed by atoms with van der Waals surface area (Å²) >= 11 is 0. The van der Waals surface area contributed by atoms with Crippen LogP contribution in [-0.2, 0) is 17.8 Å². The number of carbonyl (C=O) groups is 1. The molecule has 3 rings (SSSR count). The maximum Gasteiger partial charge on any atom is 0.222 e. The molecule has 0 unspecified atom stereocenters. The van der Waals surface area contributed by atoms with Crippen LogP contribution >= 0.6 is 0 Å². The van der Waals surface area contributed by atoms with Crippen LogP contribution in [0, 0.1) is 6.92 Å². The zero-order valence-corrected chi connectivity index (χ0v) is 14.4. The fraction of sp³-hybridized carbons (Fsp3) is 0.381. The third-order valence-electron chi connectivity index (χ3n) is 4.72. The van der Waals surface area contributed by atoms with E-state index in [1.54, 1.807) is 0 Å². The predicted octanol–water partition coefficient (Wildman–Crippen LogP) is 3.27. The first kappa shape index (κ1) is 16.7. The van der Waals surface area contributed by atoms with Crippen molar-refractivity contribution in [1.82, 2.24) is 9.80 Å². The fourth-order valence-electron chi connectivity index (χ4n) is 3.16. The monoisotopic (exact) mass is 322 g/mol. The molecule has 0 saturated carbocycles. The van der Waals surface area contributed by atoms with Gasteiger partial charge in [-0.3, -0.25) is 9.69 Å². The van der Waals surface area contributed by atoms with E-state index in [0.29, 0.717) is 6.42 Å². The number of benzene rings is 2. The molecule has 3 nitrogen and oxygen atoms in total. The highest BCUT2D eigenvalue weighted by Gasteiger charge is 2.20.